The number of Topliss-reactive ketones (excluding diaryl/α,β-unsaturated/α-hetero) is 1. The van der Waals surface area contributed by atoms with Crippen LogP contribution in [0.5, 0.6) is 0 Å². The van der Waals surface area contributed by atoms with Crippen LogP contribution in [0.2, 0.25) is 0 Å². The van der Waals surface area contributed by atoms with Gasteiger partial charge in [-0.1, -0.05) is 34.8 Å². The minimum Gasteiger partial charge on any atom is -0.466 e. The summed E-state index contributed by atoms with van der Waals surface area (Å²) < 4.78 is 2.99. The number of hydrogen-bond acceptors (Lipinski definition) is 3. The smallest absolute Gasteiger partial charge is 0.302 e. The molecule has 0 fully saturated rings. The fourth-order valence-corrected chi connectivity index (χ4v) is 1.05. The Balaban J connectivity index is 0. The number of alkyl halides is 3. The van der Waals surface area contributed by atoms with Crippen LogP contribution in [0.4, 0.5) is 0 Å². The van der Waals surface area contributed by atoms with E-state index in [1.54, 1.807) is 6.92 Å². The Kier molecular flexibility index (Phi) is 9.78. The van der Waals surface area contributed by atoms with Crippen molar-refractivity contribution >= 4 is 46.6 Å². The average molecular weight is 264 g/mol. The number of ketones is 1. The molecule has 0 aliphatic rings. The van der Waals surface area contributed by atoms with E-state index in [2.05, 4.69) is 4.74 Å². The molecule has 0 bridgehead atoms. The van der Waals surface area contributed by atoms with Crippen LogP contribution >= 0.6 is 34.8 Å². The molecule has 0 atom stereocenters. The van der Waals surface area contributed by atoms with Gasteiger partial charge in [0.25, 0.3) is 0 Å². The Hall–Kier alpha value is 0.01000. The van der Waals surface area contributed by atoms with Crippen LogP contribution in [0.25, 0.3) is 0 Å². The van der Waals surface area contributed by atoms with Gasteiger partial charge in [0.2, 0.25) is 0 Å². The number of carbonyl (C=O) groups excluding carboxylic acids is 2. The van der Waals surface area contributed by atoms with E-state index < -0.39 is 3.79 Å². The molecule has 0 aliphatic carbocycles. The summed E-state index contributed by atoms with van der Waals surface area (Å²) in [5.41, 5.74) is 0. The molecular weight excluding hydrogens is 250 g/mol. The number of hydrogen-bond donors (Lipinski definition) is 0. The molecule has 0 rings (SSSR count). The highest BCUT2D eigenvalue weighted by Crippen LogP contribution is 2.29. The predicted molar refractivity (Wildman–Crippen MR) is 57.9 cm³/mol. The topological polar surface area (TPSA) is 43.4 Å². The molecule has 0 spiro atoms. The number of ether oxygens (including phenoxy) is 1. The zero-order valence-corrected chi connectivity index (χ0v) is 10.5. The van der Waals surface area contributed by atoms with Gasteiger partial charge in [-0.25, -0.2) is 0 Å². The summed E-state index contributed by atoms with van der Waals surface area (Å²) in [5, 5.41) is 0. The molecule has 0 saturated carbocycles. The molecule has 14 heavy (non-hydrogen) atoms. The summed E-state index contributed by atoms with van der Waals surface area (Å²) >= 11 is 15.7. The van der Waals surface area contributed by atoms with Crippen LogP contribution in [0.3, 0.4) is 0 Å². The van der Waals surface area contributed by atoms with Crippen LogP contribution in [0.15, 0.2) is 0 Å². The lowest BCUT2D eigenvalue weighted by atomic mass is 10.3. The van der Waals surface area contributed by atoms with Gasteiger partial charge in [-0.15, -0.1) is 0 Å². The van der Waals surface area contributed by atoms with Gasteiger partial charge in [0.1, 0.15) is 5.78 Å². The zero-order valence-electron chi connectivity index (χ0n) is 8.27. The fourth-order valence-electron chi connectivity index (χ4n) is 0.486. The summed E-state index contributed by atoms with van der Waals surface area (Å²) in [6.45, 7) is 5.03. The Morgan fingerprint density at radius 3 is 1.64 bits per heavy atom. The summed E-state index contributed by atoms with van der Waals surface area (Å²) in [6, 6.07) is 0. The minimum atomic E-state index is -1.41. The third-order valence-corrected chi connectivity index (χ3v) is 1.20. The van der Waals surface area contributed by atoms with Gasteiger partial charge >= 0.3 is 5.97 Å². The molecule has 0 saturated heterocycles. The van der Waals surface area contributed by atoms with Crippen LogP contribution in [0, 0.1) is 0 Å². The first-order valence-electron chi connectivity index (χ1n) is 3.88. The van der Waals surface area contributed by atoms with Crippen molar-refractivity contribution in [3.63, 3.8) is 0 Å². The molecule has 0 aromatic carbocycles. The lowest BCUT2D eigenvalue weighted by Crippen LogP contribution is -2.07. The van der Waals surface area contributed by atoms with Crippen molar-refractivity contribution < 1.29 is 14.3 Å². The molecule has 3 nitrogen and oxygen atoms in total. The van der Waals surface area contributed by atoms with E-state index in [0.717, 1.165) is 0 Å². The van der Waals surface area contributed by atoms with Crippen molar-refractivity contribution in [2.45, 2.75) is 31.0 Å². The van der Waals surface area contributed by atoms with Crippen molar-refractivity contribution in [1.82, 2.24) is 0 Å². The lowest BCUT2D eigenvalue weighted by molar-refractivity contribution is -0.140. The zero-order chi connectivity index (χ0) is 11.8. The molecular formula is C8H13Cl3O3. The van der Waals surface area contributed by atoms with Gasteiger partial charge in [0, 0.05) is 6.92 Å². The monoisotopic (exact) mass is 262 g/mol. The van der Waals surface area contributed by atoms with Crippen LogP contribution in [-0.2, 0) is 14.3 Å². The van der Waals surface area contributed by atoms with E-state index in [9.17, 15) is 9.59 Å². The van der Waals surface area contributed by atoms with Crippen molar-refractivity contribution in [2.24, 2.45) is 0 Å². The van der Waals surface area contributed by atoms with E-state index in [1.165, 1.54) is 13.8 Å². The average Bonchev–Trinajstić information content (AvgIpc) is 1.80. The molecule has 0 radical (unpaired) electrons. The van der Waals surface area contributed by atoms with Gasteiger partial charge in [0.15, 0.2) is 3.79 Å². The first kappa shape index (κ1) is 16.4. The van der Waals surface area contributed by atoms with Crippen molar-refractivity contribution in [1.29, 1.82) is 0 Å². The second-order valence-corrected chi connectivity index (χ2v) is 4.93. The third-order valence-electron chi connectivity index (χ3n) is 0.797. The van der Waals surface area contributed by atoms with E-state index >= 15 is 0 Å². The first-order chi connectivity index (χ1) is 6.19. The van der Waals surface area contributed by atoms with E-state index in [0.29, 0.717) is 6.61 Å². The maximum Gasteiger partial charge on any atom is 0.302 e. The van der Waals surface area contributed by atoms with Crippen LogP contribution in [-0.4, -0.2) is 22.2 Å². The van der Waals surface area contributed by atoms with Gasteiger partial charge in [0.05, 0.1) is 13.0 Å². The Morgan fingerprint density at radius 1 is 1.21 bits per heavy atom. The quantitative estimate of drug-likeness (QED) is 0.568. The maximum absolute atomic E-state index is 10.2. The Morgan fingerprint density at radius 2 is 1.64 bits per heavy atom. The molecule has 0 aliphatic heterocycles. The first-order valence-corrected chi connectivity index (χ1v) is 5.02. The standard InChI is InChI=1S/C4H5Cl3O.C4H8O2/c1-3(8)2-4(5,6)7;1-3-6-4(2)5/h2H2,1H3;3H2,1-2H3. The highest BCUT2D eigenvalue weighted by Gasteiger charge is 2.21. The molecule has 0 aromatic heterocycles. The fraction of sp³-hybridized carbons (Fsp3) is 0.750. The van der Waals surface area contributed by atoms with E-state index in [-0.39, 0.29) is 18.2 Å². The molecule has 0 N–H and O–H groups in total. The van der Waals surface area contributed by atoms with Gasteiger partial charge < -0.3 is 4.74 Å². The normalized spacial score (nSPS) is 9.86. The molecule has 0 unspecified atom stereocenters. The highest BCUT2D eigenvalue weighted by molar-refractivity contribution is 6.68. The Labute approximate surface area is 98.6 Å². The SMILES string of the molecule is CC(=O)CC(Cl)(Cl)Cl.CCOC(C)=O. The Bertz CT molecular complexity index is 187. The molecule has 84 valence electrons. The number of rotatable bonds is 2. The number of carbonyl (C=O) groups is 2. The van der Waals surface area contributed by atoms with Crippen molar-refractivity contribution in [3.8, 4) is 0 Å². The summed E-state index contributed by atoms with van der Waals surface area (Å²) in [4.78, 5) is 20.0. The highest BCUT2D eigenvalue weighted by atomic mass is 35.6. The number of esters is 1. The molecule has 0 heterocycles. The summed E-state index contributed by atoms with van der Waals surface area (Å²) in [7, 11) is 0. The molecule has 6 heteroatoms. The van der Waals surface area contributed by atoms with Gasteiger partial charge in [-0.2, -0.15) is 0 Å². The maximum atomic E-state index is 10.2. The molecule has 0 aromatic rings. The van der Waals surface area contributed by atoms with Crippen molar-refractivity contribution in [3.05, 3.63) is 0 Å². The second kappa shape index (κ2) is 8.33. The lowest BCUT2D eigenvalue weighted by Gasteiger charge is -2.05. The largest absolute Gasteiger partial charge is 0.466 e. The van der Waals surface area contributed by atoms with E-state index in [1.807, 2.05) is 0 Å². The number of halogens is 3. The van der Waals surface area contributed by atoms with Crippen LogP contribution in [0.1, 0.15) is 27.2 Å². The summed E-state index contributed by atoms with van der Waals surface area (Å²) in [6.07, 6.45) is -0.0162. The second-order valence-electron chi connectivity index (χ2n) is 2.42. The van der Waals surface area contributed by atoms with Crippen LogP contribution < -0.4 is 0 Å². The predicted octanol–water partition coefficient (Wildman–Crippen LogP) is 2.91. The minimum absolute atomic E-state index is 0.0162. The van der Waals surface area contributed by atoms with E-state index in [4.69, 9.17) is 34.8 Å². The third kappa shape index (κ3) is 22.7. The van der Waals surface area contributed by atoms with Gasteiger partial charge in [-0.3, -0.25) is 9.59 Å². The van der Waals surface area contributed by atoms with Gasteiger partial charge in [-0.05, 0) is 13.8 Å². The molecule has 0 amide bonds. The van der Waals surface area contributed by atoms with Crippen molar-refractivity contribution in [2.75, 3.05) is 6.61 Å². The summed E-state index contributed by atoms with van der Waals surface area (Å²) in [5.74, 6) is -0.331.